The minimum absolute atomic E-state index is 0.0732. The van der Waals surface area contributed by atoms with E-state index in [0.717, 1.165) is 0 Å². The summed E-state index contributed by atoms with van der Waals surface area (Å²) in [6.45, 7) is 4.12. The largest absolute Gasteiger partial charge is 0.349 e. The fourth-order valence-corrected chi connectivity index (χ4v) is 2.46. The van der Waals surface area contributed by atoms with Gasteiger partial charge in [-0.2, -0.15) is 0 Å². The Bertz CT molecular complexity index is 693. The van der Waals surface area contributed by atoms with Crippen LogP contribution in [-0.4, -0.2) is 18.2 Å². The van der Waals surface area contributed by atoms with Crippen LogP contribution in [0, 0.1) is 5.82 Å². The third kappa shape index (κ3) is 5.01. The van der Waals surface area contributed by atoms with Crippen LogP contribution in [0.5, 0.6) is 0 Å². The monoisotopic (exact) mass is 327 g/mol. The van der Waals surface area contributed by atoms with Gasteiger partial charge in [0.05, 0.1) is 6.54 Å². The predicted octanol–water partition coefficient (Wildman–Crippen LogP) is 3.88. The van der Waals surface area contributed by atoms with Gasteiger partial charge in [-0.1, -0.05) is 44.2 Å². The summed E-state index contributed by atoms with van der Waals surface area (Å²) in [7, 11) is 0. The predicted molar refractivity (Wildman–Crippen MR) is 92.4 cm³/mol. The Labute approximate surface area is 141 Å². The molecule has 3 nitrogen and oxygen atoms in total. The summed E-state index contributed by atoms with van der Waals surface area (Å²) in [5.41, 5.74) is 1.46. The molecule has 0 spiro atoms. The van der Waals surface area contributed by atoms with Gasteiger partial charge in [0.25, 0.3) is 0 Å². The average Bonchev–Trinajstić information content (AvgIpc) is 2.59. The van der Waals surface area contributed by atoms with Gasteiger partial charge in [-0.05, 0) is 41.7 Å². The number of rotatable bonds is 7. The summed E-state index contributed by atoms with van der Waals surface area (Å²) in [5, 5.41) is 2.64. The second-order valence-corrected chi connectivity index (χ2v) is 6.46. The highest BCUT2D eigenvalue weighted by atomic mass is 19.1. The molecule has 2 rings (SSSR count). The molecule has 0 unspecified atom stereocenters. The number of carbonyl (C=O) groups excluding carboxylic acids is 2. The van der Waals surface area contributed by atoms with E-state index in [-0.39, 0.29) is 23.7 Å². The molecular formula is C20H22FNO2. The molecule has 2 aromatic carbocycles. The minimum atomic E-state index is -0.390. The third-order valence-corrected chi connectivity index (χ3v) is 4.14. The molecule has 0 saturated heterocycles. The highest BCUT2D eigenvalue weighted by molar-refractivity contribution is 5.99. The molecule has 1 N–H and O–H groups in total. The van der Waals surface area contributed by atoms with Crippen molar-refractivity contribution < 1.29 is 14.0 Å². The van der Waals surface area contributed by atoms with Crippen molar-refractivity contribution in [1.82, 2.24) is 5.32 Å². The van der Waals surface area contributed by atoms with Gasteiger partial charge in [0.2, 0.25) is 5.91 Å². The van der Waals surface area contributed by atoms with E-state index in [0.29, 0.717) is 18.4 Å². The molecule has 2 aromatic rings. The highest BCUT2D eigenvalue weighted by Crippen LogP contribution is 2.27. The molecule has 24 heavy (non-hydrogen) atoms. The Morgan fingerprint density at radius 2 is 1.62 bits per heavy atom. The standard InChI is InChI=1S/C20H22FNO2/c1-20(2,16-6-4-3-5-7-16)13-12-19(24)22-14-18(23)15-8-10-17(21)11-9-15/h3-11H,12-14H2,1-2H3,(H,22,24). The van der Waals surface area contributed by atoms with Gasteiger partial charge in [-0.15, -0.1) is 0 Å². The smallest absolute Gasteiger partial charge is 0.220 e. The Kier molecular flexibility index (Phi) is 5.85. The van der Waals surface area contributed by atoms with Crippen LogP contribution in [0.3, 0.4) is 0 Å². The highest BCUT2D eigenvalue weighted by Gasteiger charge is 2.21. The van der Waals surface area contributed by atoms with Gasteiger partial charge >= 0.3 is 0 Å². The van der Waals surface area contributed by atoms with E-state index < -0.39 is 5.82 Å². The molecule has 0 aromatic heterocycles. The fraction of sp³-hybridized carbons (Fsp3) is 0.300. The fourth-order valence-electron chi connectivity index (χ4n) is 2.46. The second kappa shape index (κ2) is 7.86. The van der Waals surface area contributed by atoms with Crippen LogP contribution in [0.2, 0.25) is 0 Å². The molecular weight excluding hydrogens is 305 g/mol. The SMILES string of the molecule is CC(C)(CCC(=O)NCC(=O)c1ccc(F)cc1)c1ccccc1. The molecule has 126 valence electrons. The molecule has 0 radical (unpaired) electrons. The van der Waals surface area contributed by atoms with Gasteiger partial charge in [-0.3, -0.25) is 9.59 Å². The summed E-state index contributed by atoms with van der Waals surface area (Å²) >= 11 is 0. The van der Waals surface area contributed by atoms with E-state index in [1.165, 1.54) is 29.8 Å². The summed E-state index contributed by atoms with van der Waals surface area (Å²) in [6.07, 6.45) is 1.03. The molecule has 0 atom stereocenters. The normalized spacial score (nSPS) is 11.1. The summed E-state index contributed by atoms with van der Waals surface area (Å²) in [6, 6.07) is 15.3. The lowest BCUT2D eigenvalue weighted by molar-refractivity contribution is -0.121. The molecule has 0 heterocycles. The first-order chi connectivity index (χ1) is 11.4. The van der Waals surface area contributed by atoms with Crippen LogP contribution >= 0.6 is 0 Å². The maximum atomic E-state index is 12.8. The lowest BCUT2D eigenvalue weighted by Crippen LogP contribution is -2.31. The Morgan fingerprint density at radius 1 is 1.00 bits per heavy atom. The molecule has 0 aliphatic carbocycles. The number of hydrogen-bond donors (Lipinski definition) is 1. The number of Topliss-reactive ketones (excluding diaryl/α,β-unsaturated/α-hetero) is 1. The molecule has 0 aliphatic rings. The molecule has 0 aliphatic heterocycles. The third-order valence-electron chi connectivity index (χ3n) is 4.14. The number of hydrogen-bond acceptors (Lipinski definition) is 2. The first kappa shape index (κ1) is 17.9. The van der Waals surface area contributed by atoms with Crippen molar-refractivity contribution in [2.24, 2.45) is 0 Å². The lowest BCUT2D eigenvalue weighted by atomic mass is 9.80. The Balaban J connectivity index is 1.81. The molecule has 0 bridgehead atoms. The zero-order chi connectivity index (χ0) is 17.6. The summed E-state index contributed by atoms with van der Waals surface area (Å²) in [5.74, 6) is -0.779. The molecule has 0 fully saturated rings. The van der Waals surface area contributed by atoms with Crippen molar-refractivity contribution in [3.8, 4) is 0 Å². The Morgan fingerprint density at radius 3 is 2.25 bits per heavy atom. The maximum absolute atomic E-state index is 12.8. The van der Waals surface area contributed by atoms with Crippen molar-refractivity contribution in [3.63, 3.8) is 0 Å². The zero-order valence-electron chi connectivity index (χ0n) is 14.0. The van der Waals surface area contributed by atoms with E-state index in [2.05, 4.69) is 31.3 Å². The van der Waals surface area contributed by atoms with Crippen molar-refractivity contribution in [2.75, 3.05) is 6.54 Å². The van der Waals surface area contributed by atoms with E-state index in [9.17, 15) is 14.0 Å². The van der Waals surface area contributed by atoms with E-state index in [1.54, 1.807) is 0 Å². The first-order valence-electron chi connectivity index (χ1n) is 7.99. The quantitative estimate of drug-likeness (QED) is 0.784. The number of ketones is 1. The van der Waals surface area contributed by atoms with E-state index >= 15 is 0 Å². The number of halogens is 1. The average molecular weight is 327 g/mol. The molecule has 4 heteroatoms. The number of amides is 1. The van der Waals surface area contributed by atoms with Gasteiger partial charge in [-0.25, -0.2) is 4.39 Å². The van der Waals surface area contributed by atoms with Gasteiger partial charge in [0.1, 0.15) is 5.82 Å². The second-order valence-electron chi connectivity index (χ2n) is 6.46. The Hall–Kier alpha value is -2.49. The van der Waals surface area contributed by atoms with Gasteiger partial charge in [0, 0.05) is 12.0 Å². The van der Waals surface area contributed by atoms with Crippen LogP contribution in [0.15, 0.2) is 54.6 Å². The number of benzene rings is 2. The zero-order valence-corrected chi connectivity index (χ0v) is 14.0. The first-order valence-corrected chi connectivity index (χ1v) is 7.99. The van der Waals surface area contributed by atoms with Gasteiger partial charge in [0.15, 0.2) is 5.78 Å². The van der Waals surface area contributed by atoms with Crippen molar-refractivity contribution in [2.45, 2.75) is 32.1 Å². The van der Waals surface area contributed by atoms with Crippen LogP contribution in [0.1, 0.15) is 42.6 Å². The lowest BCUT2D eigenvalue weighted by Gasteiger charge is -2.25. The van der Waals surface area contributed by atoms with Crippen molar-refractivity contribution in [3.05, 3.63) is 71.5 Å². The summed E-state index contributed by atoms with van der Waals surface area (Å²) < 4.78 is 12.8. The van der Waals surface area contributed by atoms with Gasteiger partial charge < -0.3 is 5.32 Å². The molecule has 1 amide bonds. The molecule has 0 saturated carbocycles. The number of carbonyl (C=O) groups is 2. The van der Waals surface area contributed by atoms with Crippen LogP contribution < -0.4 is 5.32 Å². The van der Waals surface area contributed by atoms with Crippen molar-refractivity contribution in [1.29, 1.82) is 0 Å². The summed E-state index contributed by atoms with van der Waals surface area (Å²) in [4.78, 5) is 23.9. The van der Waals surface area contributed by atoms with Crippen LogP contribution in [0.25, 0.3) is 0 Å². The van der Waals surface area contributed by atoms with Crippen LogP contribution in [0.4, 0.5) is 4.39 Å². The number of nitrogens with one attached hydrogen (secondary N) is 1. The minimum Gasteiger partial charge on any atom is -0.349 e. The van der Waals surface area contributed by atoms with E-state index in [1.807, 2.05) is 18.2 Å². The topological polar surface area (TPSA) is 46.2 Å². The van der Waals surface area contributed by atoms with E-state index in [4.69, 9.17) is 0 Å². The maximum Gasteiger partial charge on any atom is 0.220 e. The van der Waals surface area contributed by atoms with Crippen molar-refractivity contribution >= 4 is 11.7 Å². The van der Waals surface area contributed by atoms with Crippen LogP contribution in [-0.2, 0) is 10.2 Å².